The van der Waals surface area contributed by atoms with Crippen LogP contribution in [0.5, 0.6) is 0 Å². The van der Waals surface area contributed by atoms with E-state index in [0.29, 0.717) is 6.04 Å². The Balaban J connectivity index is 2.33. The van der Waals surface area contributed by atoms with E-state index in [1.807, 2.05) is 7.05 Å². The third-order valence-electron chi connectivity index (χ3n) is 4.60. The maximum Gasteiger partial charge on any atom is 0.191 e. The normalized spacial score (nSPS) is 21.2. The highest BCUT2D eigenvalue weighted by Gasteiger charge is 2.20. The number of nitrogens with one attached hydrogen (secondary N) is 2. The molecule has 2 N–H and O–H groups in total. The number of piperidine rings is 1. The summed E-state index contributed by atoms with van der Waals surface area (Å²) in [7, 11) is 1.86. The molecule has 1 aliphatic heterocycles. The second-order valence-electron chi connectivity index (χ2n) is 5.79. The van der Waals surface area contributed by atoms with Crippen LogP contribution in [0.1, 0.15) is 52.9 Å². The Hall–Kier alpha value is -0.770. The minimum Gasteiger partial charge on any atom is -0.356 e. The SMILES string of the molecule is CCC(CC)CNC(=NC)NCC1CCCCN1CC. The lowest BCUT2D eigenvalue weighted by molar-refractivity contribution is 0.157. The van der Waals surface area contributed by atoms with Crippen molar-refractivity contribution in [2.75, 3.05) is 33.2 Å². The van der Waals surface area contributed by atoms with Gasteiger partial charge < -0.3 is 10.6 Å². The van der Waals surface area contributed by atoms with Crippen molar-refractivity contribution in [3.8, 4) is 0 Å². The molecular weight excluding hydrogens is 248 g/mol. The first-order chi connectivity index (χ1) is 9.74. The van der Waals surface area contributed by atoms with E-state index in [2.05, 4.69) is 41.3 Å². The van der Waals surface area contributed by atoms with Crippen LogP contribution in [0.2, 0.25) is 0 Å². The maximum atomic E-state index is 4.34. The zero-order valence-corrected chi connectivity index (χ0v) is 13.9. The predicted octanol–water partition coefficient (Wildman–Crippen LogP) is 2.46. The van der Waals surface area contributed by atoms with Crippen LogP contribution in [0.4, 0.5) is 0 Å². The highest BCUT2D eigenvalue weighted by Crippen LogP contribution is 2.15. The topological polar surface area (TPSA) is 39.7 Å². The molecule has 118 valence electrons. The van der Waals surface area contributed by atoms with Crippen LogP contribution < -0.4 is 10.6 Å². The summed E-state index contributed by atoms with van der Waals surface area (Å²) >= 11 is 0. The quantitative estimate of drug-likeness (QED) is 0.556. The Kier molecular flexibility index (Phi) is 8.67. The molecule has 0 radical (unpaired) electrons. The molecule has 1 heterocycles. The van der Waals surface area contributed by atoms with Crippen LogP contribution in [-0.4, -0.2) is 50.1 Å². The number of likely N-dealkylation sites (tertiary alicyclic amines) is 1. The minimum atomic E-state index is 0.667. The van der Waals surface area contributed by atoms with Crippen LogP contribution in [0.25, 0.3) is 0 Å². The van der Waals surface area contributed by atoms with E-state index in [-0.39, 0.29) is 0 Å². The summed E-state index contributed by atoms with van der Waals surface area (Å²) in [5.41, 5.74) is 0. The molecule has 1 saturated heterocycles. The number of hydrogen-bond acceptors (Lipinski definition) is 2. The largest absolute Gasteiger partial charge is 0.356 e. The molecule has 0 bridgehead atoms. The van der Waals surface area contributed by atoms with E-state index in [4.69, 9.17) is 0 Å². The second-order valence-corrected chi connectivity index (χ2v) is 5.79. The van der Waals surface area contributed by atoms with Gasteiger partial charge in [0.15, 0.2) is 5.96 Å². The highest BCUT2D eigenvalue weighted by atomic mass is 15.2. The molecule has 1 aliphatic rings. The number of guanidine groups is 1. The third kappa shape index (κ3) is 5.70. The van der Waals surface area contributed by atoms with E-state index in [1.54, 1.807) is 0 Å². The van der Waals surface area contributed by atoms with E-state index < -0.39 is 0 Å². The number of rotatable bonds is 7. The van der Waals surface area contributed by atoms with Crippen LogP contribution in [-0.2, 0) is 0 Å². The lowest BCUT2D eigenvalue weighted by Gasteiger charge is -2.35. The summed E-state index contributed by atoms with van der Waals surface area (Å²) in [4.78, 5) is 6.93. The summed E-state index contributed by atoms with van der Waals surface area (Å²) in [6.07, 6.45) is 6.48. The fourth-order valence-corrected chi connectivity index (χ4v) is 2.96. The summed E-state index contributed by atoms with van der Waals surface area (Å²) in [5, 5.41) is 6.97. The summed E-state index contributed by atoms with van der Waals surface area (Å²) < 4.78 is 0. The number of nitrogens with zero attached hydrogens (tertiary/aromatic N) is 2. The van der Waals surface area contributed by atoms with E-state index in [0.717, 1.165) is 31.5 Å². The van der Waals surface area contributed by atoms with Crippen molar-refractivity contribution in [1.82, 2.24) is 15.5 Å². The molecule has 0 aromatic carbocycles. The van der Waals surface area contributed by atoms with Crippen LogP contribution >= 0.6 is 0 Å². The fraction of sp³-hybridized carbons (Fsp3) is 0.938. The average molecular weight is 282 g/mol. The van der Waals surface area contributed by atoms with Crippen molar-refractivity contribution in [3.63, 3.8) is 0 Å². The van der Waals surface area contributed by atoms with Crippen molar-refractivity contribution in [2.45, 2.75) is 58.9 Å². The highest BCUT2D eigenvalue weighted by molar-refractivity contribution is 5.79. The Morgan fingerprint density at radius 1 is 1.20 bits per heavy atom. The third-order valence-corrected chi connectivity index (χ3v) is 4.60. The van der Waals surface area contributed by atoms with Crippen molar-refractivity contribution >= 4 is 5.96 Å². The molecule has 0 amide bonds. The molecule has 1 rings (SSSR count). The molecule has 1 fully saturated rings. The lowest BCUT2D eigenvalue weighted by Crippen LogP contribution is -2.49. The lowest BCUT2D eigenvalue weighted by atomic mass is 10.0. The molecule has 0 aromatic rings. The first-order valence-electron chi connectivity index (χ1n) is 8.43. The molecule has 0 saturated carbocycles. The number of hydrogen-bond donors (Lipinski definition) is 2. The van der Waals surface area contributed by atoms with Crippen molar-refractivity contribution < 1.29 is 0 Å². The Morgan fingerprint density at radius 2 is 1.95 bits per heavy atom. The summed E-state index contributed by atoms with van der Waals surface area (Å²) in [6, 6.07) is 0.667. The van der Waals surface area contributed by atoms with Gasteiger partial charge in [-0.3, -0.25) is 9.89 Å². The van der Waals surface area contributed by atoms with Gasteiger partial charge in [-0.25, -0.2) is 0 Å². The molecule has 20 heavy (non-hydrogen) atoms. The summed E-state index contributed by atoms with van der Waals surface area (Å²) in [6.45, 7) is 11.2. The molecule has 1 unspecified atom stereocenters. The van der Waals surface area contributed by atoms with E-state index >= 15 is 0 Å². The molecule has 0 aromatic heterocycles. The van der Waals surface area contributed by atoms with Gasteiger partial charge in [0.2, 0.25) is 0 Å². The van der Waals surface area contributed by atoms with Crippen molar-refractivity contribution in [2.24, 2.45) is 10.9 Å². The molecule has 4 nitrogen and oxygen atoms in total. The van der Waals surface area contributed by atoms with Crippen molar-refractivity contribution in [3.05, 3.63) is 0 Å². The predicted molar refractivity (Wildman–Crippen MR) is 88.3 cm³/mol. The second kappa shape index (κ2) is 10.0. The van der Waals surface area contributed by atoms with Gasteiger partial charge in [0, 0.05) is 26.2 Å². The Bertz CT molecular complexity index is 274. The monoisotopic (exact) mass is 282 g/mol. The van der Waals surface area contributed by atoms with Crippen molar-refractivity contribution in [1.29, 1.82) is 0 Å². The summed E-state index contributed by atoms with van der Waals surface area (Å²) in [5.74, 6) is 1.70. The Labute approximate surface area is 125 Å². The van der Waals surface area contributed by atoms with Gasteiger partial charge in [-0.2, -0.15) is 0 Å². The van der Waals surface area contributed by atoms with Gasteiger partial charge in [0.1, 0.15) is 0 Å². The molecule has 0 aliphatic carbocycles. The molecule has 4 heteroatoms. The van der Waals surface area contributed by atoms with Gasteiger partial charge in [-0.1, -0.05) is 40.0 Å². The fourth-order valence-electron chi connectivity index (χ4n) is 2.96. The molecular formula is C16H34N4. The number of likely N-dealkylation sites (N-methyl/N-ethyl adjacent to an activating group) is 1. The standard InChI is InChI=1S/C16H34N4/c1-5-14(6-2)12-18-16(17-4)19-13-15-10-8-9-11-20(15)7-3/h14-15H,5-13H2,1-4H3,(H2,17,18,19). The van der Waals surface area contributed by atoms with Crippen LogP contribution in [0.15, 0.2) is 4.99 Å². The minimum absolute atomic E-state index is 0.667. The first kappa shape index (κ1) is 17.3. The van der Waals surface area contributed by atoms with Gasteiger partial charge in [-0.05, 0) is 31.8 Å². The van der Waals surface area contributed by atoms with Crippen LogP contribution in [0, 0.1) is 5.92 Å². The maximum absolute atomic E-state index is 4.34. The smallest absolute Gasteiger partial charge is 0.191 e. The zero-order valence-electron chi connectivity index (χ0n) is 13.9. The van der Waals surface area contributed by atoms with Gasteiger partial charge in [-0.15, -0.1) is 0 Å². The van der Waals surface area contributed by atoms with Gasteiger partial charge in [0.05, 0.1) is 0 Å². The Morgan fingerprint density at radius 3 is 2.55 bits per heavy atom. The number of aliphatic imine (C=N–C) groups is 1. The van der Waals surface area contributed by atoms with E-state index in [1.165, 1.54) is 38.6 Å². The van der Waals surface area contributed by atoms with Gasteiger partial charge in [0.25, 0.3) is 0 Å². The van der Waals surface area contributed by atoms with Gasteiger partial charge >= 0.3 is 0 Å². The first-order valence-corrected chi connectivity index (χ1v) is 8.43. The van der Waals surface area contributed by atoms with Crippen LogP contribution in [0.3, 0.4) is 0 Å². The van der Waals surface area contributed by atoms with E-state index in [9.17, 15) is 0 Å². The zero-order chi connectivity index (χ0) is 14.8. The average Bonchev–Trinajstić information content (AvgIpc) is 2.51. The molecule has 1 atom stereocenters. The molecule has 0 spiro atoms.